The van der Waals surface area contributed by atoms with Crippen molar-refractivity contribution < 1.29 is 9.90 Å². The van der Waals surface area contributed by atoms with Crippen molar-refractivity contribution in [3.05, 3.63) is 48.3 Å². The highest BCUT2D eigenvalue weighted by Gasteiger charge is 2.12. The summed E-state index contributed by atoms with van der Waals surface area (Å²) < 4.78 is 0. The molecule has 0 amide bonds. The summed E-state index contributed by atoms with van der Waals surface area (Å²) in [6, 6.07) is 8.33. The SMILES string of the molecule is NC(Cc1ccc(-c2ccccn2)nc1)C(=O)O. The molecule has 0 aliphatic heterocycles. The van der Waals surface area contributed by atoms with Crippen molar-refractivity contribution in [2.75, 3.05) is 0 Å². The van der Waals surface area contributed by atoms with Crippen LogP contribution in [0.25, 0.3) is 11.4 Å². The van der Waals surface area contributed by atoms with Crippen LogP contribution < -0.4 is 5.73 Å². The Labute approximate surface area is 104 Å². The van der Waals surface area contributed by atoms with E-state index in [0.29, 0.717) is 0 Å². The monoisotopic (exact) mass is 243 g/mol. The Balaban J connectivity index is 2.13. The molecule has 0 radical (unpaired) electrons. The highest BCUT2D eigenvalue weighted by atomic mass is 16.4. The average molecular weight is 243 g/mol. The number of aromatic nitrogens is 2. The van der Waals surface area contributed by atoms with E-state index in [1.807, 2.05) is 30.3 Å². The Kier molecular flexibility index (Phi) is 3.64. The zero-order valence-electron chi connectivity index (χ0n) is 9.65. The standard InChI is InChI=1S/C13H13N3O2/c14-10(13(17)18)7-9-4-5-12(16-8-9)11-3-1-2-6-15-11/h1-6,8,10H,7,14H2,(H,17,18). The number of nitrogens with zero attached hydrogens (tertiary/aromatic N) is 2. The molecule has 0 aromatic carbocycles. The van der Waals surface area contributed by atoms with Gasteiger partial charge in [-0.15, -0.1) is 0 Å². The molecule has 92 valence electrons. The van der Waals surface area contributed by atoms with Crippen molar-refractivity contribution in [3.8, 4) is 11.4 Å². The molecule has 3 N–H and O–H groups in total. The van der Waals surface area contributed by atoms with Gasteiger partial charge in [-0.2, -0.15) is 0 Å². The zero-order valence-corrected chi connectivity index (χ0v) is 9.65. The van der Waals surface area contributed by atoms with Crippen LogP contribution in [0, 0.1) is 0 Å². The second-order valence-electron chi connectivity index (χ2n) is 3.92. The van der Waals surface area contributed by atoms with Gasteiger partial charge in [-0.1, -0.05) is 12.1 Å². The van der Waals surface area contributed by atoms with Crippen LogP contribution in [0.3, 0.4) is 0 Å². The molecular formula is C13H13N3O2. The third-order valence-corrected chi connectivity index (χ3v) is 2.52. The Morgan fingerprint density at radius 1 is 1.22 bits per heavy atom. The summed E-state index contributed by atoms with van der Waals surface area (Å²) in [5, 5.41) is 8.72. The van der Waals surface area contributed by atoms with Gasteiger partial charge in [-0.05, 0) is 30.2 Å². The molecule has 2 aromatic rings. The molecule has 2 aromatic heterocycles. The quantitative estimate of drug-likeness (QED) is 0.839. The fourth-order valence-corrected chi connectivity index (χ4v) is 1.55. The number of hydrogen-bond acceptors (Lipinski definition) is 4. The molecule has 2 rings (SSSR count). The summed E-state index contributed by atoms with van der Waals surface area (Å²) in [4.78, 5) is 19.1. The lowest BCUT2D eigenvalue weighted by atomic mass is 10.1. The van der Waals surface area contributed by atoms with Crippen molar-refractivity contribution in [1.29, 1.82) is 0 Å². The minimum absolute atomic E-state index is 0.269. The number of carbonyl (C=O) groups is 1. The number of hydrogen-bond donors (Lipinski definition) is 2. The Bertz CT molecular complexity index is 526. The summed E-state index contributed by atoms with van der Waals surface area (Å²) in [6.45, 7) is 0. The van der Waals surface area contributed by atoms with E-state index < -0.39 is 12.0 Å². The highest BCUT2D eigenvalue weighted by Crippen LogP contribution is 2.13. The van der Waals surface area contributed by atoms with E-state index in [9.17, 15) is 4.79 Å². The van der Waals surface area contributed by atoms with Crippen molar-refractivity contribution >= 4 is 5.97 Å². The van der Waals surface area contributed by atoms with Crippen molar-refractivity contribution in [3.63, 3.8) is 0 Å². The van der Waals surface area contributed by atoms with Crippen LogP contribution in [0.4, 0.5) is 0 Å². The third kappa shape index (κ3) is 2.89. The van der Waals surface area contributed by atoms with Crippen LogP contribution in [0.5, 0.6) is 0 Å². The smallest absolute Gasteiger partial charge is 0.320 e. The average Bonchev–Trinajstić information content (AvgIpc) is 2.40. The second-order valence-corrected chi connectivity index (χ2v) is 3.92. The largest absolute Gasteiger partial charge is 0.480 e. The van der Waals surface area contributed by atoms with Crippen molar-refractivity contribution in [2.45, 2.75) is 12.5 Å². The number of carboxylic acids is 1. The first-order valence-electron chi connectivity index (χ1n) is 5.51. The fourth-order valence-electron chi connectivity index (χ4n) is 1.55. The maximum Gasteiger partial charge on any atom is 0.320 e. The Hall–Kier alpha value is -2.27. The predicted molar refractivity (Wildman–Crippen MR) is 66.8 cm³/mol. The lowest BCUT2D eigenvalue weighted by Crippen LogP contribution is -2.32. The number of aliphatic carboxylic acids is 1. The third-order valence-electron chi connectivity index (χ3n) is 2.52. The second kappa shape index (κ2) is 5.37. The molecule has 2 heterocycles. The molecule has 1 atom stereocenters. The van der Waals surface area contributed by atoms with Crippen LogP contribution in [0.2, 0.25) is 0 Å². The predicted octanol–water partition coefficient (Wildman–Crippen LogP) is 1.10. The van der Waals surface area contributed by atoms with Crippen molar-refractivity contribution in [1.82, 2.24) is 9.97 Å². The minimum Gasteiger partial charge on any atom is -0.480 e. The molecular weight excluding hydrogens is 230 g/mol. The van der Waals surface area contributed by atoms with Crippen LogP contribution in [-0.4, -0.2) is 27.1 Å². The minimum atomic E-state index is -1.01. The molecule has 5 heteroatoms. The summed E-state index contributed by atoms with van der Waals surface area (Å²) in [7, 11) is 0. The van der Waals surface area contributed by atoms with Gasteiger partial charge in [0.2, 0.25) is 0 Å². The lowest BCUT2D eigenvalue weighted by molar-refractivity contribution is -0.138. The molecule has 1 unspecified atom stereocenters. The normalized spacial score (nSPS) is 12.1. The molecule has 0 saturated carbocycles. The lowest BCUT2D eigenvalue weighted by Gasteiger charge is -2.06. The van der Waals surface area contributed by atoms with E-state index in [4.69, 9.17) is 10.8 Å². The van der Waals surface area contributed by atoms with Crippen LogP contribution in [-0.2, 0) is 11.2 Å². The summed E-state index contributed by atoms with van der Waals surface area (Å²) in [5.74, 6) is -1.01. The van der Waals surface area contributed by atoms with Gasteiger partial charge in [0, 0.05) is 12.4 Å². The van der Waals surface area contributed by atoms with E-state index in [-0.39, 0.29) is 6.42 Å². The van der Waals surface area contributed by atoms with Gasteiger partial charge in [0.05, 0.1) is 11.4 Å². The topological polar surface area (TPSA) is 89.1 Å². The van der Waals surface area contributed by atoms with E-state index in [1.54, 1.807) is 12.4 Å². The Morgan fingerprint density at radius 2 is 2.00 bits per heavy atom. The van der Waals surface area contributed by atoms with E-state index >= 15 is 0 Å². The summed E-state index contributed by atoms with van der Waals surface area (Å²) >= 11 is 0. The Morgan fingerprint density at radius 3 is 2.56 bits per heavy atom. The van der Waals surface area contributed by atoms with Crippen molar-refractivity contribution in [2.24, 2.45) is 5.73 Å². The number of nitrogens with two attached hydrogens (primary N) is 1. The molecule has 0 fully saturated rings. The van der Waals surface area contributed by atoms with Gasteiger partial charge in [0.1, 0.15) is 6.04 Å². The van der Waals surface area contributed by atoms with Crippen LogP contribution in [0.15, 0.2) is 42.7 Å². The van der Waals surface area contributed by atoms with Gasteiger partial charge in [0.15, 0.2) is 0 Å². The number of carboxylic acid groups (broad SMARTS) is 1. The molecule has 0 spiro atoms. The fraction of sp³-hybridized carbons (Fsp3) is 0.154. The number of rotatable bonds is 4. The van der Waals surface area contributed by atoms with Gasteiger partial charge in [-0.3, -0.25) is 14.8 Å². The van der Waals surface area contributed by atoms with E-state index in [2.05, 4.69) is 9.97 Å². The van der Waals surface area contributed by atoms with Crippen LogP contribution in [0.1, 0.15) is 5.56 Å². The van der Waals surface area contributed by atoms with Crippen LogP contribution >= 0.6 is 0 Å². The van der Waals surface area contributed by atoms with E-state index in [0.717, 1.165) is 17.0 Å². The van der Waals surface area contributed by atoms with Gasteiger partial charge >= 0.3 is 5.97 Å². The zero-order chi connectivity index (χ0) is 13.0. The van der Waals surface area contributed by atoms with Gasteiger partial charge in [-0.25, -0.2) is 0 Å². The first-order valence-corrected chi connectivity index (χ1v) is 5.51. The van der Waals surface area contributed by atoms with Gasteiger partial charge < -0.3 is 10.8 Å². The van der Waals surface area contributed by atoms with Gasteiger partial charge in [0.25, 0.3) is 0 Å². The summed E-state index contributed by atoms with van der Waals surface area (Å²) in [6.07, 6.45) is 3.60. The summed E-state index contributed by atoms with van der Waals surface area (Å²) in [5.41, 5.74) is 7.79. The first-order chi connectivity index (χ1) is 8.66. The maximum atomic E-state index is 10.6. The maximum absolute atomic E-state index is 10.6. The van der Waals surface area contributed by atoms with E-state index in [1.165, 1.54) is 0 Å². The molecule has 0 aliphatic carbocycles. The highest BCUT2D eigenvalue weighted by molar-refractivity contribution is 5.73. The number of pyridine rings is 2. The first kappa shape index (κ1) is 12.2. The molecule has 0 saturated heterocycles. The molecule has 5 nitrogen and oxygen atoms in total. The molecule has 18 heavy (non-hydrogen) atoms. The molecule has 0 bridgehead atoms. The molecule has 0 aliphatic rings.